The minimum Gasteiger partial charge on any atom is -0.472 e. The zero-order valence-electron chi connectivity index (χ0n) is 16.0. The molecule has 0 bridgehead atoms. The van der Waals surface area contributed by atoms with Gasteiger partial charge in [0.2, 0.25) is 0 Å². The number of anilines is 1. The summed E-state index contributed by atoms with van der Waals surface area (Å²) in [6, 6.07) is 7.73. The average Bonchev–Trinajstić information content (AvgIpc) is 3.32. The Labute approximate surface area is 159 Å². The lowest BCUT2D eigenvalue weighted by atomic mass is 9.89. The molecule has 1 aromatic carbocycles. The van der Waals surface area contributed by atoms with Crippen LogP contribution in [0.5, 0.6) is 0 Å². The molecule has 1 aliphatic heterocycles. The summed E-state index contributed by atoms with van der Waals surface area (Å²) in [6.07, 6.45) is 7.49. The lowest BCUT2D eigenvalue weighted by molar-refractivity contribution is 0.102. The molecule has 1 amide bonds. The van der Waals surface area contributed by atoms with Crippen LogP contribution in [-0.4, -0.2) is 35.4 Å². The SMILES string of the molecule is CC(C)CN1CCC(c2c[nH]c3ccc(NC(=O)c4ccoc4)cc23)CC1. The second-order valence-corrected chi connectivity index (χ2v) is 7.94. The average molecular weight is 365 g/mol. The highest BCUT2D eigenvalue weighted by Gasteiger charge is 2.23. The Morgan fingerprint density at radius 1 is 1.30 bits per heavy atom. The summed E-state index contributed by atoms with van der Waals surface area (Å²) in [4.78, 5) is 18.2. The molecule has 0 aliphatic carbocycles. The fraction of sp³-hybridized carbons (Fsp3) is 0.409. The van der Waals surface area contributed by atoms with Gasteiger partial charge in [-0.05, 0) is 67.6 Å². The number of hydrogen-bond acceptors (Lipinski definition) is 3. The van der Waals surface area contributed by atoms with Crippen LogP contribution in [-0.2, 0) is 0 Å². The second-order valence-electron chi connectivity index (χ2n) is 7.94. The Morgan fingerprint density at radius 2 is 2.11 bits per heavy atom. The Bertz CT molecular complexity index is 903. The van der Waals surface area contributed by atoms with E-state index in [1.54, 1.807) is 6.07 Å². The number of nitrogens with zero attached hydrogens (tertiary/aromatic N) is 1. The highest BCUT2D eigenvalue weighted by atomic mass is 16.3. The van der Waals surface area contributed by atoms with Crippen LogP contribution in [0, 0.1) is 5.92 Å². The molecule has 2 N–H and O–H groups in total. The van der Waals surface area contributed by atoms with E-state index >= 15 is 0 Å². The van der Waals surface area contributed by atoms with E-state index in [-0.39, 0.29) is 5.91 Å². The fourth-order valence-electron chi connectivity index (χ4n) is 4.10. The van der Waals surface area contributed by atoms with Crippen LogP contribution in [0.4, 0.5) is 5.69 Å². The van der Waals surface area contributed by atoms with Crippen molar-refractivity contribution in [1.82, 2.24) is 9.88 Å². The summed E-state index contributed by atoms with van der Waals surface area (Å²) in [5.74, 6) is 1.14. The van der Waals surface area contributed by atoms with Gasteiger partial charge in [-0.1, -0.05) is 13.8 Å². The monoisotopic (exact) mass is 365 g/mol. The minimum absolute atomic E-state index is 0.151. The van der Waals surface area contributed by atoms with Crippen molar-refractivity contribution < 1.29 is 9.21 Å². The Hall–Kier alpha value is -2.53. The van der Waals surface area contributed by atoms with Crippen LogP contribution in [0.2, 0.25) is 0 Å². The van der Waals surface area contributed by atoms with Gasteiger partial charge in [0.1, 0.15) is 6.26 Å². The van der Waals surface area contributed by atoms with Crippen LogP contribution in [0.25, 0.3) is 10.9 Å². The standard InChI is InChI=1S/C22H27N3O2/c1-15(2)13-25-8-5-16(6-9-25)20-12-23-21-4-3-18(11-19(20)21)24-22(26)17-7-10-27-14-17/h3-4,7,10-12,14-16,23H,5-6,8-9,13H2,1-2H3,(H,24,26). The maximum Gasteiger partial charge on any atom is 0.258 e. The minimum atomic E-state index is -0.151. The van der Waals surface area contributed by atoms with E-state index in [1.165, 1.54) is 42.9 Å². The molecule has 3 heterocycles. The molecule has 3 aromatic rings. The first kappa shape index (κ1) is 17.9. The molecule has 0 saturated carbocycles. The summed E-state index contributed by atoms with van der Waals surface area (Å²) >= 11 is 0. The number of piperidine rings is 1. The van der Waals surface area contributed by atoms with Gasteiger partial charge in [-0.15, -0.1) is 0 Å². The number of H-pyrrole nitrogens is 1. The molecule has 142 valence electrons. The normalized spacial score (nSPS) is 16.3. The van der Waals surface area contributed by atoms with Gasteiger partial charge in [-0.2, -0.15) is 0 Å². The molecule has 0 radical (unpaired) electrons. The van der Waals surface area contributed by atoms with E-state index in [0.29, 0.717) is 11.5 Å². The number of aromatic nitrogens is 1. The van der Waals surface area contributed by atoms with Crippen molar-refractivity contribution in [2.45, 2.75) is 32.6 Å². The van der Waals surface area contributed by atoms with E-state index in [9.17, 15) is 4.79 Å². The van der Waals surface area contributed by atoms with Crippen LogP contribution in [0.15, 0.2) is 47.4 Å². The molecule has 5 nitrogen and oxygen atoms in total. The van der Waals surface area contributed by atoms with Crippen LogP contribution >= 0.6 is 0 Å². The fourth-order valence-corrected chi connectivity index (χ4v) is 4.10. The number of furan rings is 1. The number of carbonyl (C=O) groups excluding carboxylic acids is 1. The first-order valence-corrected chi connectivity index (χ1v) is 9.77. The lowest BCUT2D eigenvalue weighted by Gasteiger charge is -2.33. The molecular formula is C22H27N3O2. The highest BCUT2D eigenvalue weighted by molar-refractivity contribution is 6.05. The smallest absolute Gasteiger partial charge is 0.258 e. The molecule has 1 saturated heterocycles. The van der Waals surface area contributed by atoms with Gasteiger partial charge >= 0.3 is 0 Å². The van der Waals surface area contributed by atoms with Gasteiger partial charge in [-0.25, -0.2) is 0 Å². The van der Waals surface area contributed by atoms with E-state index in [0.717, 1.165) is 30.2 Å². The number of benzene rings is 1. The number of aromatic amines is 1. The largest absolute Gasteiger partial charge is 0.472 e. The van der Waals surface area contributed by atoms with Crippen LogP contribution in [0.1, 0.15) is 48.5 Å². The van der Waals surface area contributed by atoms with Crippen molar-refractivity contribution in [3.63, 3.8) is 0 Å². The van der Waals surface area contributed by atoms with Crippen LogP contribution < -0.4 is 5.32 Å². The highest BCUT2D eigenvalue weighted by Crippen LogP contribution is 2.34. The van der Waals surface area contributed by atoms with Gasteiger partial charge in [0.15, 0.2) is 0 Å². The van der Waals surface area contributed by atoms with Gasteiger partial charge in [0, 0.05) is 29.3 Å². The molecule has 27 heavy (non-hydrogen) atoms. The zero-order valence-corrected chi connectivity index (χ0v) is 16.0. The molecular weight excluding hydrogens is 338 g/mol. The third-order valence-corrected chi connectivity index (χ3v) is 5.41. The predicted molar refractivity (Wildman–Crippen MR) is 108 cm³/mol. The topological polar surface area (TPSA) is 61.3 Å². The summed E-state index contributed by atoms with van der Waals surface area (Å²) in [7, 11) is 0. The third-order valence-electron chi connectivity index (χ3n) is 5.41. The summed E-state index contributed by atoms with van der Waals surface area (Å²) in [5, 5.41) is 4.17. The van der Waals surface area contributed by atoms with E-state index in [1.807, 2.05) is 12.1 Å². The molecule has 1 aliphatic rings. The Balaban J connectivity index is 1.50. The van der Waals surface area contributed by atoms with Crippen LogP contribution in [0.3, 0.4) is 0 Å². The zero-order chi connectivity index (χ0) is 18.8. The Morgan fingerprint density at radius 3 is 2.81 bits per heavy atom. The predicted octanol–water partition coefficient (Wildman–Crippen LogP) is 4.85. The first-order valence-electron chi connectivity index (χ1n) is 9.77. The maximum atomic E-state index is 12.3. The van der Waals surface area contributed by atoms with Gasteiger partial charge < -0.3 is 19.6 Å². The van der Waals surface area contributed by atoms with Crippen molar-refractivity contribution in [3.8, 4) is 0 Å². The van der Waals surface area contributed by atoms with Gasteiger partial charge in [0.25, 0.3) is 5.91 Å². The molecule has 4 rings (SSSR count). The van der Waals surface area contributed by atoms with Gasteiger partial charge in [-0.3, -0.25) is 4.79 Å². The number of nitrogens with one attached hydrogen (secondary N) is 2. The van der Waals surface area contributed by atoms with E-state index in [2.05, 4.69) is 41.3 Å². The third kappa shape index (κ3) is 3.93. The summed E-state index contributed by atoms with van der Waals surface area (Å²) in [6.45, 7) is 8.07. The maximum absolute atomic E-state index is 12.3. The van der Waals surface area contributed by atoms with Crippen molar-refractivity contribution in [3.05, 3.63) is 54.1 Å². The number of fused-ring (bicyclic) bond motifs is 1. The quantitative estimate of drug-likeness (QED) is 0.679. The van der Waals surface area contributed by atoms with Crippen molar-refractivity contribution in [1.29, 1.82) is 0 Å². The van der Waals surface area contributed by atoms with Crippen molar-refractivity contribution >= 4 is 22.5 Å². The molecule has 0 unspecified atom stereocenters. The van der Waals surface area contributed by atoms with Gasteiger partial charge in [0.05, 0.1) is 11.8 Å². The molecule has 5 heteroatoms. The molecule has 1 fully saturated rings. The molecule has 2 aromatic heterocycles. The number of amides is 1. The number of likely N-dealkylation sites (tertiary alicyclic amines) is 1. The summed E-state index contributed by atoms with van der Waals surface area (Å²) in [5.41, 5.74) is 3.83. The number of carbonyl (C=O) groups is 1. The summed E-state index contributed by atoms with van der Waals surface area (Å²) < 4.78 is 4.99. The van der Waals surface area contributed by atoms with Crippen molar-refractivity contribution in [2.75, 3.05) is 25.0 Å². The number of rotatable bonds is 5. The second kappa shape index (κ2) is 7.61. The Kier molecular flexibility index (Phi) is 5.03. The molecule has 0 atom stereocenters. The van der Waals surface area contributed by atoms with Crippen molar-refractivity contribution in [2.24, 2.45) is 5.92 Å². The lowest BCUT2D eigenvalue weighted by Crippen LogP contribution is -2.35. The van der Waals surface area contributed by atoms with E-state index < -0.39 is 0 Å². The first-order chi connectivity index (χ1) is 13.1. The molecule has 0 spiro atoms. The van der Waals surface area contributed by atoms with E-state index in [4.69, 9.17) is 4.42 Å². The number of hydrogen-bond donors (Lipinski definition) is 2.